The van der Waals surface area contributed by atoms with E-state index in [1.807, 2.05) is 0 Å². The lowest BCUT2D eigenvalue weighted by Gasteiger charge is -2.35. The van der Waals surface area contributed by atoms with Gasteiger partial charge in [0.25, 0.3) is 0 Å². The minimum absolute atomic E-state index is 0.0789. The first-order valence-corrected chi connectivity index (χ1v) is 11.5. The maximum Gasteiger partial charge on any atom is 0.416 e. The number of carbonyl (C=O) groups is 2. The molecule has 0 spiro atoms. The maximum absolute atomic E-state index is 13.9. The number of benzene rings is 1. The predicted octanol–water partition coefficient (Wildman–Crippen LogP) is 2.60. The van der Waals surface area contributed by atoms with Crippen molar-refractivity contribution in [1.82, 2.24) is 15.2 Å². The number of thiazole rings is 1. The Hall–Kier alpha value is -3.36. The molecule has 0 aliphatic carbocycles. The fourth-order valence-electron chi connectivity index (χ4n) is 4.02. The van der Waals surface area contributed by atoms with Crippen LogP contribution < -0.4 is 5.32 Å². The summed E-state index contributed by atoms with van der Waals surface area (Å²) in [6.07, 6.45) is -3.47. The average Bonchev–Trinajstić information content (AvgIpc) is 3.38. The standard InChI is InChI=1S/C22H20F4N4O5S/c1-34-21(33)16-14(9-30-5-6-35-10-15(30)20(31)32)28-18(19-27-4-7-36-19)29-17(16)12-3-2-11(23)8-13(12)22(24,25)26/h2-4,7-8,15,17H,5-6,9-10H2,1H3,(H,28,29)(H,31,32)/t15-,17-/m0/s1. The highest BCUT2D eigenvalue weighted by Crippen LogP contribution is 2.41. The fraction of sp³-hybridized carbons (Fsp3) is 0.364. The number of carboxylic acid groups (broad SMARTS) is 1. The molecule has 1 aromatic carbocycles. The number of amidine groups is 1. The number of esters is 1. The highest BCUT2D eigenvalue weighted by molar-refractivity contribution is 7.11. The van der Waals surface area contributed by atoms with Crippen molar-refractivity contribution in [1.29, 1.82) is 0 Å². The Morgan fingerprint density at radius 3 is 2.78 bits per heavy atom. The molecule has 2 aliphatic rings. The zero-order valence-corrected chi connectivity index (χ0v) is 19.5. The van der Waals surface area contributed by atoms with Crippen LogP contribution in [0.4, 0.5) is 17.6 Å². The Bertz CT molecular complexity index is 1220. The molecule has 2 atom stereocenters. The van der Waals surface area contributed by atoms with E-state index in [1.54, 1.807) is 5.38 Å². The van der Waals surface area contributed by atoms with E-state index in [0.29, 0.717) is 11.1 Å². The van der Waals surface area contributed by atoms with Crippen LogP contribution in [-0.4, -0.2) is 72.2 Å². The van der Waals surface area contributed by atoms with Crippen LogP contribution in [-0.2, 0) is 25.2 Å². The van der Waals surface area contributed by atoms with Crippen molar-refractivity contribution in [2.45, 2.75) is 18.3 Å². The number of nitrogens with one attached hydrogen (secondary N) is 1. The molecule has 14 heteroatoms. The van der Waals surface area contributed by atoms with Gasteiger partial charge in [0.1, 0.15) is 17.9 Å². The number of carboxylic acids is 1. The molecule has 4 rings (SSSR count). The minimum atomic E-state index is -4.95. The third-order valence-corrected chi connectivity index (χ3v) is 6.45. The summed E-state index contributed by atoms with van der Waals surface area (Å²) in [6.45, 7) is 0.143. The third-order valence-electron chi connectivity index (χ3n) is 5.67. The number of hydrogen-bond donors (Lipinski definition) is 2. The average molecular weight is 528 g/mol. The Kier molecular flexibility index (Phi) is 7.38. The lowest BCUT2D eigenvalue weighted by atomic mass is 9.91. The maximum atomic E-state index is 13.9. The molecule has 0 bridgehead atoms. The number of halogens is 4. The number of aromatic nitrogens is 1. The molecule has 1 fully saturated rings. The molecule has 0 amide bonds. The number of methoxy groups -OCH3 is 1. The Labute approximate surface area is 206 Å². The van der Waals surface area contributed by atoms with E-state index in [2.05, 4.69) is 15.3 Å². The molecule has 0 radical (unpaired) electrons. The quantitative estimate of drug-likeness (QED) is 0.435. The number of aliphatic carboxylic acids is 1. The number of morpholine rings is 1. The van der Waals surface area contributed by atoms with E-state index in [4.69, 9.17) is 9.47 Å². The minimum Gasteiger partial charge on any atom is -0.480 e. The summed E-state index contributed by atoms with van der Waals surface area (Å²) in [6, 6.07) is -0.472. The van der Waals surface area contributed by atoms with Crippen LogP contribution >= 0.6 is 11.3 Å². The van der Waals surface area contributed by atoms with Gasteiger partial charge < -0.3 is 19.9 Å². The second kappa shape index (κ2) is 10.3. The van der Waals surface area contributed by atoms with E-state index in [0.717, 1.165) is 30.6 Å². The van der Waals surface area contributed by atoms with Crippen molar-refractivity contribution in [3.63, 3.8) is 0 Å². The van der Waals surface area contributed by atoms with Crippen LogP contribution in [0.5, 0.6) is 0 Å². The Balaban J connectivity index is 1.89. The van der Waals surface area contributed by atoms with Crippen LogP contribution in [0.25, 0.3) is 0 Å². The SMILES string of the molecule is COC(=O)C1=C(CN2CCOC[C@H]2C(=O)O)NC(c2nccs2)=N[C@H]1c1ccc(F)cc1C(F)(F)F. The number of rotatable bonds is 6. The summed E-state index contributed by atoms with van der Waals surface area (Å²) in [4.78, 5) is 34.7. The second-order valence-electron chi connectivity index (χ2n) is 7.86. The molecule has 9 nitrogen and oxygen atoms in total. The molecule has 1 aromatic heterocycles. The molecular weight excluding hydrogens is 508 g/mol. The van der Waals surface area contributed by atoms with Crippen LogP contribution in [0.15, 0.2) is 46.0 Å². The molecule has 36 heavy (non-hydrogen) atoms. The van der Waals surface area contributed by atoms with E-state index < -0.39 is 47.1 Å². The van der Waals surface area contributed by atoms with E-state index in [1.165, 1.54) is 11.1 Å². The normalized spacial score (nSPS) is 21.1. The Morgan fingerprint density at radius 2 is 2.14 bits per heavy atom. The van der Waals surface area contributed by atoms with Crippen molar-refractivity contribution in [3.05, 3.63) is 63.0 Å². The van der Waals surface area contributed by atoms with Gasteiger partial charge in [-0.1, -0.05) is 6.07 Å². The summed E-state index contributed by atoms with van der Waals surface area (Å²) >= 11 is 1.15. The number of alkyl halides is 3. The van der Waals surface area contributed by atoms with Crippen molar-refractivity contribution in [2.75, 3.05) is 33.4 Å². The summed E-state index contributed by atoms with van der Waals surface area (Å²) in [5.74, 6) is -3.16. The van der Waals surface area contributed by atoms with Gasteiger partial charge in [0.05, 0.1) is 31.5 Å². The first kappa shape index (κ1) is 25.7. The molecule has 3 heterocycles. The van der Waals surface area contributed by atoms with Crippen molar-refractivity contribution in [2.24, 2.45) is 4.99 Å². The summed E-state index contributed by atoms with van der Waals surface area (Å²) < 4.78 is 65.7. The molecule has 1 saturated heterocycles. The highest BCUT2D eigenvalue weighted by atomic mass is 32.1. The van der Waals surface area contributed by atoms with Crippen molar-refractivity contribution in [3.8, 4) is 0 Å². The molecule has 192 valence electrons. The lowest BCUT2D eigenvalue weighted by molar-refractivity contribution is -0.149. The summed E-state index contributed by atoms with van der Waals surface area (Å²) in [7, 11) is 1.06. The number of aliphatic imine (C=N–C) groups is 1. The number of ether oxygens (including phenoxy) is 2. The van der Waals surface area contributed by atoms with Gasteiger partial charge in [-0.05, 0) is 17.7 Å². The van der Waals surface area contributed by atoms with Crippen LogP contribution in [0, 0.1) is 5.82 Å². The first-order chi connectivity index (χ1) is 17.1. The molecule has 2 aromatic rings. The molecule has 2 aliphatic heterocycles. The first-order valence-electron chi connectivity index (χ1n) is 10.6. The van der Waals surface area contributed by atoms with Crippen LogP contribution in [0.2, 0.25) is 0 Å². The highest BCUT2D eigenvalue weighted by Gasteiger charge is 2.41. The van der Waals surface area contributed by atoms with Gasteiger partial charge in [-0.25, -0.2) is 14.2 Å². The second-order valence-corrected chi connectivity index (χ2v) is 8.75. The van der Waals surface area contributed by atoms with Gasteiger partial charge >= 0.3 is 18.1 Å². The van der Waals surface area contributed by atoms with Gasteiger partial charge in [0, 0.05) is 30.4 Å². The van der Waals surface area contributed by atoms with Gasteiger partial charge in [0.2, 0.25) is 0 Å². The summed E-state index contributed by atoms with van der Waals surface area (Å²) in [5.41, 5.74) is -1.93. The van der Waals surface area contributed by atoms with Gasteiger partial charge in [-0.3, -0.25) is 14.7 Å². The van der Waals surface area contributed by atoms with Crippen molar-refractivity contribution < 1.29 is 41.7 Å². The Morgan fingerprint density at radius 1 is 1.36 bits per heavy atom. The van der Waals surface area contributed by atoms with E-state index in [9.17, 15) is 32.3 Å². The number of hydrogen-bond acceptors (Lipinski definition) is 9. The zero-order valence-electron chi connectivity index (χ0n) is 18.7. The largest absolute Gasteiger partial charge is 0.480 e. The smallest absolute Gasteiger partial charge is 0.416 e. The topological polar surface area (TPSA) is 113 Å². The fourth-order valence-corrected chi connectivity index (χ4v) is 4.60. The van der Waals surface area contributed by atoms with Crippen LogP contribution in [0.3, 0.4) is 0 Å². The molecule has 0 unspecified atom stereocenters. The molecule has 2 N–H and O–H groups in total. The number of nitrogens with zero attached hydrogens (tertiary/aromatic N) is 3. The van der Waals surface area contributed by atoms with E-state index in [-0.39, 0.29) is 43.4 Å². The van der Waals surface area contributed by atoms with Gasteiger partial charge in [-0.2, -0.15) is 13.2 Å². The monoisotopic (exact) mass is 528 g/mol. The van der Waals surface area contributed by atoms with E-state index >= 15 is 0 Å². The predicted molar refractivity (Wildman–Crippen MR) is 119 cm³/mol. The van der Waals surface area contributed by atoms with Crippen molar-refractivity contribution >= 4 is 29.1 Å². The summed E-state index contributed by atoms with van der Waals surface area (Å²) in [5, 5.41) is 14.5. The zero-order chi connectivity index (χ0) is 26.0. The van der Waals surface area contributed by atoms with Gasteiger partial charge in [0.15, 0.2) is 10.8 Å². The third kappa shape index (κ3) is 5.24. The van der Waals surface area contributed by atoms with Gasteiger partial charge in [-0.15, -0.1) is 11.3 Å². The van der Waals surface area contributed by atoms with Crippen LogP contribution in [0.1, 0.15) is 22.2 Å². The lowest BCUT2D eigenvalue weighted by Crippen LogP contribution is -2.52. The molecular formula is C22H20F4N4O5S. The molecule has 0 saturated carbocycles. The number of carbonyl (C=O) groups excluding carboxylic acids is 1.